The van der Waals surface area contributed by atoms with Gasteiger partial charge in [0.1, 0.15) is 6.61 Å². The molecular formula is C9H17F2NO. The smallest absolute Gasteiger partial charge is 0.282 e. The predicted molar refractivity (Wildman–Crippen MR) is 46.8 cm³/mol. The average molecular weight is 193 g/mol. The minimum absolute atomic E-state index is 0.0335. The molecule has 0 heterocycles. The van der Waals surface area contributed by atoms with E-state index in [0.717, 1.165) is 25.7 Å². The van der Waals surface area contributed by atoms with Crippen molar-refractivity contribution >= 4 is 0 Å². The predicted octanol–water partition coefficient (Wildman–Crippen LogP) is 1.93. The third-order valence-corrected chi connectivity index (χ3v) is 2.38. The summed E-state index contributed by atoms with van der Waals surface area (Å²) in [6.45, 7) is -1.14. The van der Waals surface area contributed by atoms with Crippen LogP contribution >= 0.6 is 0 Å². The van der Waals surface area contributed by atoms with E-state index in [0.29, 0.717) is 0 Å². The molecule has 0 radical (unpaired) electrons. The fraction of sp³-hybridized carbons (Fsp3) is 1.00. The number of nitrogens with two attached hydrogens (primary N) is 1. The number of rotatable bonds is 4. The highest BCUT2D eigenvalue weighted by Gasteiger charge is 2.28. The van der Waals surface area contributed by atoms with Gasteiger partial charge in [0.15, 0.2) is 0 Å². The quantitative estimate of drug-likeness (QED) is 0.740. The minimum Gasteiger partial charge on any atom is -0.372 e. The summed E-state index contributed by atoms with van der Waals surface area (Å²) in [5.41, 5.74) is 4.89. The molecule has 0 unspecified atom stereocenters. The van der Waals surface area contributed by atoms with Gasteiger partial charge in [-0.2, -0.15) is 0 Å². The maximum absolute atomic E-state index is 12.7. The summed E-state index contributed by atoms with van der Waals surface area (Å²) in [7, 11) is 0. The van der Waals surface area contributed by atoms with E-state index in [1.165, 1.54) is 6.42 Å². The molecule has 0 aliphatic heterocycles. The SMILES string of the molecule is NCC(F)(F)COC1CCCCC1. The van der Waals surface area contributed by atoms with E-state index in [1.807, 2.05) is 0 Å². The molecule has 0 atom stereocenters. The van der Waals surface area contributed by atoms with Crippen LogP contribution in [0.2, 0.25) is 0 Å². The van der Waals surface area contributed by atoms with Crippen LogP contribution in [0.1, 0.15) is 32.1 Å². The summed E-state index contributed by atoms with van der Waals surface area (Å²) < 4.78 is 30.4. The van der Waals surface area contributed by atoms with Gasteiger partial charge in [0, 0.05) is 0 Å². The Labute approximate surface area is 77.4 Å². The minimum atomic E-state index is -2.85. The molecule has 0 aromatic heterocycles. The molecule has 0 aromatic carbocycles. The second kappa shape index (κ2) is 4.86. The molecule has 0 saturated heterocycles. The fourth-order valence-electron chi connectivity index (χ4n) is 1.53. The van der Waals surface area contributed by atoms with Crippen molar-refractivity contribution in [3.8, 4) is 0 Å². The van der Waals surface area contributed by atoms with E-state index in [9.17, 15) is 8.78 Å². The molecule has 1 fully saturated rings. The summed E-state index contributed by atoms with van der Waals surface area (Å²) in [6.07, 6.45) is 5.26. The third-order valence-electron chi connectivity index (χ3n) is 2.38. The van der Waals surface area contributed by atoms with Crippen molar-refractivity contribution in [1.29, 1.82) is 0 Å². The molecule has 2 nitrogen and oxygen atoms in total. The lowest BCUT2D eigenvalue weighted by Gasteiger charge is -2.24. The van der Waals surface area contributed by atoms with Crippen LogP contribution in [0.25, 0.3) is 0 Å². The van der Waals surface area contributed by atoms with E-state index < -0.39 is 19.1 Å². The van der Waals surface area contributed by atoms with Gasteiger partial charge in [0.25, 0.3) is 5.92 Å². The molecule has 13 heavy (non-hydrogen) atoms. The van der Waals surface area contributed by atoms with Crippen LogP contribution in [-0.4, -0.2) is 25.2 Å². The topological polar surface area (TPSA) is 35.2 Å². The zero-order chi connectivity index (χ0) is 9.73. The lowest BCUT2D eigenvalue weighted by atomic mass is 9.98. The van der Waals surface area contributed by atoms with Crippen LogP contribution in [-0.2, 0) is 4.74 Å². The van der Waals surface area contributed by atoms with Crippen molar-refractivity contribution in [2.45, 2.75) is 44.1 Å². The molecule has 1 aliphatic rings. The Morgan fingerprint density at radius 1 is 1.23 bits per heavy atom. The van der Waals surface area contributed by atoms with E-state index in [4.69, 9.17) is 10.5 Å². The monoisotopic (exact) mass is 193 g/mol. The standard InChI is InChI=1S/C9H17F2NO/c10-9(11,6-12)7-13-8-4-2-1-3-5-8/h8H,1-7,12H2. The van der Waals surface area contributed by atoms with Gasteiger partial charge in [-0.25, -0.2) is 8.78 Å². The van der Waals surface area contributed by atoms with Gasteiger partial charge in [-0.15, -0.1) is 0 Å². The van der Waals surface area contributed by atoms with Crippen molar-refractivity contribution in [3.05, 3.63) is 0 Å². The average Bonchev–Trinajstić information content (AvgIpc) is 2.17. The summed E-state index contributed by atoms with van der Waals surface area (Å²) >= 11 is 0. The van der Waals surface area contributed by atoms with Crippen molar-refractivity contribution in [2.75, 3.05) is 13.2 Å². The molecule has 1 saturated carbocycles. The Morgan fingerprint density at radius 3 is 2.38 bits per heavy atom. The van der Waals surface area contributed by atoms with Crippen LogP contribution in [0.3, 0.4) is 0 Å². The molecular weight excluding hydrogens is 176 g/mol. The van der Waals surface area contributed by atoms with Crippen LogP contribution in [0.4, 0.5) is 8.78 Å². The van der Waals surface area contributed by atoms with Gasteiger partial charge in [-0.3, -0.25) is 0 Å². The summed E-state index contributed by atoms with van der Waals surface area (Å²) in [5, 5.41) is 0. The van der Waals surface area contributed by atoms with Gasteiger partial charge in [0.05, 0.1) is 12.6 Å². The number of hydrogen-bond acceptors (Lipinski definition) is 2. The number of alkyl halides is 2. The van der Waals surface area contributed by atoms with Crippen molar-refractivity contribution in [1.82, 2.24) is 0 Å². The Balaban J connectivity index is 2.17. The lowest BCUT2D eigenvalue weighted by molar-refractivity contribution is -0.0991. The van der Waals surface area contributed by atoms with Crippen molar-refractivity contribution in [2.24, 2.45) is 5.73 Å². The van der Waals surface area contributed by atoms with E-state index in [2.05, 4.69) is 0 Å². The summed E-state index contributed by atoms with van der Waals surface area (Å²) in [6, 6.07) is 0. The molecule has 2 N–H and O–H groups in total. The molecule has 1 aliphatic carbocycles. The first-order valence-corrected chi connectivity index (χ1v) is 4.83. The maximum Gasteiger partial charge on any atom is 0.282 e. The van der Waals surface area contributed by atoms with Crippen molar-refractivity contribution < 1.29 is 13.5 Å². The fourth-order valence-corrected chi connectivity index (χ4v) is 1.53. The molecule has 4 heteroatoms. The van der Waals surface area contributed by atoms with E-state index in [-0.39, 0.29) is 6.10 Å². The first kappa shape index (κ1) is 10.9. The number of ether oxygens (including phenoxy) is 1. The molecule has 0 spiro atoms. The number of hydrogen-bond donors (Lipinski definition) is 1. The Hall–Kier alpha value is -0.220. The Kier molecular flexibility index (Phi) is 4.06. The molecule has 0 amide bonds. The molecule has 78 valence electrons. The molecule has 1 rings (SSSR count). The zero-order valence-corrected chi connectivity index (χ0v) is 7.77. The van der Waals surface area contributed by atoms with Crippen LogP contribution < -0.4 is 5.73 Å². The highest BCUT2D eigenvalue weighted by molar-refractivity contribution is 4.70. The van der Waals surface area contributed by atoms with Crippen LogP contribution in [0.15, 0.2) is 0 Å². The highest BCUT2D eigenvalue weighted by atomic mass is 19.3. The first-order chi connectivity index (χ1) is 6.14. The normalized spacial score (nSPS) is 20.5. The Morgan fingerprint density at radius 2 is 1.85 bits per heavy atom. The molecule has 0 aromatic rings. The first-order valence-electron chi connectivity index (χ1n) is 4.83. The van der Waals surface area contributed by atoms with Gasteiger partial charge in [-0.05, 0) is 12.8 Å². The van der Waals surface area contributed by atoms with E-state index in [1.54, 1.807) is 0 Å². The second-order valence-corrected chi connectivity index (χ2v) is 3.63. The maximum atomic E-state index is 12.7. The van der Waals surface area contributed by atoms with Crippen LogP contribution in [0, 0.1) is 0 Å². The van der Waals surface area contributed by atoms with Gasteiger partial charge in [-0.1, -0.05) is 19.3 Å². The Bertz CT molecular complexity index is 147. The van der Waals surface area contributed by atoms with Gasteiger partial charge < -0.3 is 10.5 Å². The van der Waals surface area contributed by atoms with Crippen molar-refractivity contribution in [3.63, 3.8) is 0 Å². The summed E-state index contributed by atoms with van der Waals surface area (Å²) in [4.78, 5) is 0. The summed E-state index contributed by atoms with van der Waals surface area (Å²) in [5.74, 6) is -2.85. The lowest BCUT2D eigenvalue weighted by Crippen LogP contribution is -2.35. The van der Waals surface area contributed by atoms with E-state index >= 15 is 0 Å². The largest absolute Gasteiger partial charge is 0.372 e. The highest BCUT2D eigenvalue weighted by Crippen LogP contribution is 2.22. The number of halogens is 2. The molecule has 0 bridgehead atoms. The van der Waals surface area contributed by atoms with Gasteiger partial charge in [0.2, 0.25) is 0 Å². The third kappa shape index (κ3) is 4.00. The van der Waals surface area contributed by atoms with Gasteiger partial charge >= 0.3 is 0 Å². The zero-order valence-electron chi connectivity index (χ0n) is 7.77. The van der Waals surface area contributed by atoms with Crippen LogP contribution in [0.5, 0.6) is 0 Å². The second-order valence-electron chi connectivity index (χ2n) is 3.63.